The molecule has 8 nitrogen and oxygen atoms in total. The molecule has 0 spiro atoms. The van der Waals surface area contributed by atoms with Crippen molar-refractivity contribution in [2.45, 2.75) is 39.3 Å². The van der Waals surface area contributed by atoms with Crippen molar-refractivity contribution in [1.29, 1.82) is 0 Å². The van der Waals surface area contributed by atoms with E-state index in [0.717, 1.165) is 5.56 Å². The van der Waals surface area contributed by atoms with Gasteiger partial charge in [-0.1, -0.05) is 0 Å². The molecule has 1 saturated heterocycles. The monoisotopic (exact) mass is 429 g/mol. The first-order valence-corrected chi connectivity index (χ1v) is 10.7. The minimum absolute atomic E-state index is 0.0227. The van der Waals surface area contributed by atoms with Gasteiger partial charge in [-0.2, -0.15) is 0 Å². The maximum Gasteiger partial charge on any atom is 0.309 e. The first kappa shape index (κ1) is 23.0. The van der Waals surface area contributed by atoms with Crippen LogP contribution in [0.2, 0.25) is 0 Å². The van der Waals surface area contributed by atoms with Gasteiger partial charge in [0.05, 0.1) is 30.7 Å². The van der Waals surface area contributed by atoms with Crippen LogP contribution >= 0.6 is 0 Å². The Kier molecular flexibility index (Phi) is 7.81. The van der Waals surface area contributed by atoms with Gasteiger partial charge in [-0.25, -0.2) is 0 Å². The highest BCUT2D eigenvalue weighted by Gasteiger charge is 2.34. The van der Waals surface area contributed by atoms with Crippen LogP contribution < -0.4 is 5.56 Å². The third kappa shape index (κ3) is 5.14. The number of aromatic nitrogens is 2. The SMILES string of the molecule is CCOC(=O)C1CCN([C@H](c2ccncc2)c2c(O)cc(C)n(CCOC)c2=O)CC1. The lowest BCUT2D eigenvalue weighted by Gasteiger charge is -2.37. The van der Waals surface area contributed by atoms with Crippen molar-refractivity contribution in [2.75, 3.05) is 33.4 Å². The van der Waals surface area contributed by atoms with Crippen LogP contribution in [0.1, 0.15) is 42.6 Å². The van der Waals surface area contributed by atoms with Gasteiger partial charge in [0, 0.05) is 31.7 Å². The smallest absolute Gasteiger partial charge is 0.309 e. The van der Waals surface area contributed by atoms with Gasteiger partial charge >= 0.3 is 5.97 Å². The molecule has 8 heteroatoms. The number of nitrogens with zero attached hydrogens (tertiary/aromatic N) is 3. The summed E-state index contributed by atoms with van der Waals surface area (Å²) in [7, 11) is 1.59. The summed E-state index contributed by atoms with van der Waals surface area (Å²) < 4.78 is 12.0. The summed E-state index contributed by atoms with van der Waals surface area (Å²) in [6.07, 6.45) is 4.65. The summed E-state index contributed by atoms with van der Waals surface area (Å²) in [5.74, 6) is -0.326. The van der Waals surface area contributed by atoms with Gasteiger partial charge in [0.1, 0.15) is 5.75 Å². The number of methoxy groups -OCH3 is 1. The lowest BCUT2D eigenvalue weighted by Crippen LogP contribution is -2.42. The fourth-order valence-electron chi connectivity index (χ4n) is 4.25. The van der Waals surface area contributed by atoms with E-state index in [4.69, 9.17) is 9.47 Å². The molecule has 31 heavy (non-hydrogen) atoms. The number of hydrogen-bond donors (Lipinski definition) is 1. The number of aryl methyl sites for hydroxylation is 1. The number of likely N-dealkylation sites (tertiary alicyclic amines) is 1. The number of piperidine rings is 1. The van der Waals surface area contributed by atoms with Gasteiger partial charge in [-0.05, 0) is 63.5 Å². The van der Waals surface area contributed by atoms with Gasteiger partial charge in [0.2, 0.25) is 0 Å². The Morgan fingerprint density at radius 3 is 2.58 bits per heavy atom. The van der Waals surface area contributed by atoms with Gasteiger partial charge in [-0.15, -0.1) is 0 Å². The van der Waals surface area contributed by atoms with E-state index < -0.39 is 6.04 Å². The van der Waals surface area contributed by atoms with E-state index in [2.05, 4.69) is 9.88 Å². The fraction of sp³-hybridized carbons (Fsp3) is 0.522. The van der Waals surface area contributed by atoms with Crippen molar-refractivity contribution in [1.82, 2.24) is 14.5 Å². The summed E-state index contributed by atoms with van der Waals surface area (Å²) in [4.78, 5) is 31.9. The Hall–Kier alpha value is -2.71. The molecule has 0 aliphatic carbocycles. The van der Waals surface area contributed by atoms with Gasteiger partial charge < -0.3 is 19.1 Å². The minimum Gasteiger partial charge on any atom is -0.507 e. The Morgan fingerprint density at radius 2 is 1.97 bits per heavy atom. The number of rotatable bonds is 8. The van der Waals surface area contributed by atoms with Gasteiger partial charge in [-0.3, -0.25) is 19.5 Å². The highest BCUT2D eigenvalue weighted by Crippen LogP contribution is 2.35. The Morgan fingerprint density at radius 1 is 1.29 bits per heavy atom. The number of hydrogen-bond acceptors (Lipinski definition) is 7. The first-order chi connectivity index (χ1) is 15.0. The molecule has 1 atom stereocenters. The number of pyridine rings is 2. The first-order valence-electron chi connectivity index (χ1n) is 10.7. The number of carbonyl (C=O) groups is 1. The molecule has 168 valence electrons. The van der Waals surface area contributed by atoms with Crippen molar-refractivity contribution < 1.29 is 19.4 Å². The minimum atomic E-state index is -0.437. The molecule has 1 fully saturated rings. The van der Waals surface area contributed by atoms with Crippen LogP contribution in [0.4, 0.5) is 0 Å². The van der Waals surface area contributed by atoms with Crippen molar-refractivity contribution in [2.24, 2.45) is 5.92 Å². The van der Waals surface area contributed by atoms with E-state index in [0.29, 0.717) is 56.9 Å². The van der Waals surface area contributed by atoms with E-state index in [9.17, 15) is 14.7 Å². The Bertz CT molecular complexity index is 936. The highest BCUT2D eigenvalue weighted by atomic mass is 16.5. The molecule has 0 amide bonds. The molecule has 0 aromatic carbocycles. The molecule has 3 rings (SSSR count). The molecule has 3 heterocycles. The van der Waals surface area contributed by atoms with Crippen LogP contribution in [0.15, 0.2) is 35.4 Å². The van der Waals surface area contributed by atoms with Crippen molar-refractivity contribution in [3.8, 4) is 5.75 Å². The van der Waals surface area contributed by atoms with E-state index >= 15 is 0 Å². The predicted octanol–water partition coefficient (Wildman–Crippen LogP) is 2.27. The maximum absolute atomic E-state index is 13.5. The lowest BCUT2D eigenvalue weighted by atomic mass is 9.91. The number of esters is 1. The molecule has 2 aromatic heterocycles. The van der Waals surface area contributed by atoms with Crippen molar-refractivity contribution in [3.05, 3.63) is 57.8 Å². The fourth-order valence-corrected chi connectivity index (χ4v) is 4.25. The molecule has 0 unspecified atom stereocenters. The van der Waals surface area contributed by atoms with Crippen LogP contribution in [0.5, 0.6) is 5.75 Å². The van der Waals surface area contributed by atoms with Gasteiger partial charge in [0.15, 0.2) is 0 Å². The maximum atomic E-state index is 13.5. The Balaban J connectivity index is 1.99. The average Bonchev–Trinajstić information content (AvgIpc) is 2.77. The molecular weight excluding hydrogens is 398 g/mol. The van der Waals surface area contributed by atoms with Crippen LogP contribution in [0.3, 0.4) is 0 Å². The summed E-state index contributed by atoms with van der Waals surface area (Å²) >= 11 is 0. The molecule has 1 aliphatic rings. The zero-order valence-corrected chi connectivity index (χ0v) is 18.4. The number of ether oxygens (including phenoxy) is 2. The second kappa shape index (κ2) is 10.5. The van der Waals surface area contributed by atoms with E-state index in [1.165, 1.54) is 0 Å². The van der Waals surface area contributed by atoms with Crippen LogP contribution in [0, 0.1) is 12.8 Å². The standard InChI is InChI=1S/C23H31N3O5/c1-4-31-23(29)18-7-11-25(12-8-18)21(17-5-9-24-10-6-17)20-19(27)15-16(2)26(22(20)28)13-14-30-3/h5-6,9-10,15,18,21,27H,4,7-8,11-14H2,1-3H3/t21-/m1/s1. The highest BCUT2D eigenvalue weighted by molar-refractivity contribution is 5.72. The van der Waals surface area contributed by atoms with E-state index in [1.807, 2.05) is 12.1 Å². The zero-order valence-electron chi connectivity index (χ0n) is 18.4. The molecule has 1 N–H and O–H groups in total. The lowest BCUT2D eigenvalue weighted by molar-refractivity contribution is -0.149. The second-order valence-electron chi connectivity index (χ2n) is 7.78. The molecule has 0 bridgehead atoms. The van der Waals surface area contributed by atoms with Crippen LogP contribution in [0.25, 0.3) is 0 Å². The summed E-state index contributed by atoms with van der Waals surface area (Å²) in [6, 6.07) is 4.92. The second-order valence-corrected chi connectivity index (χ2v) is 7.78. The quantitative estimate of drug-likeness (QED) is 0.644. The van der Waals surface area contributed by atoms with Crippen LogP contribution in [-0.4, -0.2) is 58.9 Å². The average molecular weight is 430 g/mol. The van der Waals surface area contributed by atoms with Crippen molar-refractivity contribution >= 4 is 5.97 Å². The van der Waals surface area contributed by atoms with Gasteiger partial charge in [0.25, 0.3) is 5.56 Å². The molecular formula is C23H31N3O5. The molecule has 1 aliphatic heterocycles. The topological polar surface area (TPSA) is 93.9 Å². The van der Waals surface area contributed by atoms with Crippen molar-refractivity contribution in [3.63, 3.8) is 0 Å². The summed E-state index contributed by atoms with van der Waals surface area (Å²) in [5, 5.41) is 10.8. The summed E-state index contributed by atoms with van der Waals surface area (Å²) in [5.41, 5.74) is 1.66. The largest absolute Gasteiger partial charge is 0.507 e. The molecule has 0 radical (unpaired) electrons. The van der Waals surface area contributed by atoms with Crippen LogP contribution in [-0.2, 0) is 20.8 Å². The zero-order chi connectivity index (χ0) is 22.4. The molecule has 2 aromatic rings. The molecule has 0 saturated carbocycles. The third-order valence-corrected chi connectivity index (χ3v) is 5.85. The van der Waals surface area contributed by atoms with E-state index in [1.54, 1.807) is 44.0 Å². The number of carbonyl (C=O) groups excluding carboxylic acids is 1. The normalized spacial score (nSPS) is 16.2. The van der Waals surface area contributed by atoms with E-state index in [-0.39, 0.29) is 23.2 Å². The number of aromatic hydroxyl groups is 1. The third-order valence-electron chi connectivity index (χ3n) is 5.85. The predicted molar refractivity (Wildman–Crippen MR) is 116 cm³/mol. The Labute approximate surface area is 182 Å². The summed E-state index contributed by atoms with van der Waals surface area (Å²) in [6.45, 7) is 6.01.